The molecule has 36 heavy (non-hydrogen) atoms. The van der Waals surface area contributed by atoms with Crippen molar-refractivity contribution >= 4 is 11.5 Å². The summed E-state index contributed by atoms with van der Waals surface area (Å²) < 4.78 is 14.2. The molecule has 0 atom stereocenters. The van der Waals surface area contributed by atoms with Crippen molar-refractivity contribution in [3.05, 3.63) is 90.7 Å². The van der Waals surface area contributed by atoms with Gasteiger partial charge in [0.05, 0.1) is 11.3 Å². The molecular formula is C28H28N5O2Pt-3. The number of hydrogen-bond acceptors (Lipinski definition) is 6. The third-order valence-corrected chi connectivity index (χ3v) is 5.87. The largest absolute Gasteiger partial charge is 0.521 e. The monoisotopic (exact) mass is 661 g/mol. The number of aryl methyl sites for hydroxylation is 2. The molecule has 0 amide bonds. The summed E-state index contributed by atoms with van der Waals surface area (Å²) in [6.07, 6.45) is 5.71. The van der Waals surface area contributed by atoms with Crippen LogP contribution in [-0.2, 0) is 26.5 Å². The van der Waals surface area contributed by atoms with Crippen molar-refractivity contribution < 1.29 is 30.5 Å². The van der Waals surface area contributed by atoms with E-state index in [1.807, 2.05) is 86.2 Å². The third-order valence-electron chi connectivity index (χ3n) is 5.87. The van der Waals surface area contributed by atoms with E-state index in [0.717, 1.165) is 28.4 Å². The summed E-state index contributed by atoms with van der Waals surface area (Å²) in [4.78, 5) is 13.0. The molecule has 0 spiro atoms. The fourth-order valence-electron chi connectivity index (χ4n) is 3.84. The zero-order valence-electron chi connectivity index (χ0n) is 21.1. The predicted molar refractivity (Wildman–Crippen MR) is 136 cm³/mol. The van der Waals surface area contributed by atoms with Gasteiger partial charge in [-0.15, -0.1) is 18.2 Å². The third kappa shape index (κ3) is 5.26. The van der Waals surface area contributed by atoms with E-state index in [9.17, 15) is 0 Å². The van der Waals surface area contributed by atoms with Crippen LogP contribution in [0.4, 0.5) is 5.82 Å². The maximum absolute atomic E-state index is 6.18. The van der Waals surface area contributed by atoms with Gasteiger partial charge in [0.25, 0.3) is 0 Å². The van der Waals surface area contributed by atoms with Gasteiger partial charge in [-0.3, -0.25) is 4.98 Å². The van der Waals surface area contributed by atoms with Gasteiger partial charge in [0.15, 0.2) is 0 Å². The van der Waals surface area contributed by atoms with E-state index in [4.69, 9.17) is 14.5 Å². The quantitative estimate of drug-likeness (QED) is 0.239. The van der Waals surface area contributed by atoms with Crippen molar-refractivity contribution in [3.63, 3.8) is 0 Å². The van der Waals surface area contributed by atoms with E-state index in [1.165, 1.54) is 0 Å². The van der Waals surface area contributed by atoms with Crippen LogP contribution in [0.3, 0.4) is 0 Å². The van der Waals surface area contributed by atoms with Crippen molar-refractivity contribution in [2.45, 2.75) is 40.0 Å². The zero-order chi connectivity index (χ0) is 24.7. The molecule has 1 aliphatic rings. The van der Waals surface area contributed by atoms with Crippen LogP contribution >= 0.6 is 0 Å². The smallest absolute Gasteiger partial charge is 0.216 e. The van der Waals surface area contributed by atoms with E-state index < -0.39 is 0 Å². The SMILES string of the molecule is Cc1nc2cc(Oc3[c-]c(Oc4cc(C(C)(C)C)ccn4)ccc3)[c-]c(N3C=CN(C)[CH-]3)n2c1C.[Pt]. The first kappa shape index (κ1) is 25.8. The number of hydrogen-bond donors (Lipinski definition) is 0. The molecule has 0 saturated carbocycles. The van der Waals surface area contributed by atoms with Gasteiger partial charge in [-0.25, -0.2) is 4.98 Å². The Morgan fingerprint density at radius 1 is 0.944 bits per heavy atom. The Labute approximate surface area is 226 Å². The number of fused-ring (bicyclic) bond motifs is 1. The molecule has 0 saturated heterocycles. The minimum atomic E-state index is 0. The molecule has 0 bridgehead atoms. The van der Waals surface area contributed by atoms with Gasteiger partial charge in [-0.2, -0.15) is 18.8 Å². The minimum Gasteiger partial charge on any atom is -0.521 e. The topological polar surface area (TPSA) is 55.1 Å². The Kier molecular flexibility index (Phi) is 7.14. The standard InChI is InChI=1S/C28H28N5O2.Pt/c1-19-20(2)33-25(30-19)16-24(17-27(33)32-13-12-31(6)18-32)34-22-8-7-9-23(15-22)35-26-14-21(10-11-29-26)28(3,4)5;/h7-14,16,18H,1-6H3;/q-3;. The summed E-state index contributed by atoms with van der Waals surface area (Å²) in [6.45, 7) is 12.5. The second-order valence-electron chi connectivity index (χ2n) is 9.64. The Morgan fingerprint density at radius 2 is 1.69 bits per heavy atom. The molecule has 0 radical (unpaired) electrons. The van der Waals surface area contributed by atoms with Gasteiger partial charge in [-0.05, 0) is 61.9 Å². The van der Waals surface area contributed by atoms with Crippen LogP contribution in [0.25, 0.3) is 5.65 Å². The minimum absolute atomic E-state index is 0. The molecule has 0 unspecified atom stereocenters. The number of benzene rings is 1. The van der Waals surface area contributed by atoms with Gasteiger partial charge >= 0.3 is 0 Å². The summed E-state index contributed by atoms with van der Waals surface area (Å²) in [5, 5.41) is 0. The predicted octanol–water partition coefficient (Wildman–Crippen LogP) is 6.17. The fraction of sp³-hybridized carbons (Fsp3) is 0.250. The molecule has 190 valence electrons. The van der Waals surface area contributed by atoms with E-state index in [-0.39, 0.29) is 26.5 Å². The van der Waals surface area contributed by atoms with Crippen LogP contribution in [-0.4, -0.2) is 26.3 Å². The summed E-state index contributed by atoms with van der Waals surface area (Å²) in [7, 11) is 1.98. The summed E-state index contributed by atoms with van der Waals surface area (Å²) in [5.74, 6) is 2.90. The maximum Gasteiger partial charge on any atom is 0.216 e. The Morgan fingerprint density at radius 3 is 2.39 bits per heavy atom. The summed E-state index contributed by atoms with van der Waals surface area (Å²) in [6, 6.07) is 17.9. The number of imidazole rings is 1. The number of anilines is 1. The van der Waals surface area contributed by atoms with E-state index >= 15 is 0 Å². The molecule has 1 aromatic carbocycles. The average Bonchev–Trinajstić information content (AvgIpc) is 3.36. The van der Waals surface area contributed by atoms with Gasteiger partial charge in [0, 0.05) is 50.5 Å². The van der Waals surface area contributed by atoms with Crippen LogP contribution < -0.4 is 14.4 Å². The number of nitrogens with zero attached hydrogens (tertiary/aromatic N) is 5. The van der Waals surface area contributed by atoms with Crippen LogP contribution in [0.2, 0.25) is 0 Å². The van der Waals surface area contributed by atoms with Crippen LogP contribution in [0.1, 0.15) is 37.7 Å². The molecule has 0 aliphatic carbocycles. The Hall–Kier alpha value is -3.31. The van der Waals surface area contributed by atoms with Gasteiger partial charge in [-0.1, -0.05) is 26.8 Å². The molecule has 4 heterocycles. The van der Waals surface area contributed by atoms with E-state index in [1.54, 1.807) is 6.20 Å². The van der Waals surface area contributed by atoms with Crippen LogP contribution in [0, 0.1) is 32.6 Å². The Balaban J connectivity index is 0.00000304. The molecule has 1 aliphatic heterocycles. The average molecular weight is 662 g/mol. The molecule has 4 aromatic rings. The van der Waals surface area contributed by atoms with Crippen molar-refractivity contribution in [3.8, 4) is 23.1 Å². The van der Waals surface area contributed by atoms with Gasteiger partial charge < -0.3 is 23.7 Å². The first-order valence-electron chi connectivity index (χ1n) is 11.5. The van der Waals surface area contributed by atoms with Crippen LogP contribution in [0.15, 0.2) is 55.0 Å². The maximum atomic E-state index is 6.18. The number of pyridine rings is 2. The first-order valence-corrected chi connectivity index (χ1v) is 11.5. The molecule has 8 heteroatoms. The number of aromatic nitrogens is 3. The summed E-state index contributed by atoms with van der Waals surface area (Å²) >= 11 is 0. The molecule has 7 nitrogen and oxygen atoms in total. The van der Waals surface area contributed by atoms with Crippen LogP contribution in [0.5, 0.6) is 23.1 Å². The zero-order valence-corrected chi connectivity index (χ0v) is 23.4. The molecule has 5 rings (SSSR count). The summed E-state index contributed by atoms with van der Waals surface area (Å²) in [5.41, 5.74) is 3.95. The van der Waals surface area contributed by atoms with Gasteiger partial charge in [0.2, 0.25) is 5.88 Å². The normalized spacial score (nSPS) is 13.3. The second kappa shape index (κ2) is 9.98. The van der Waals surface area contributed by atoms with Gasteiger partial charge in [0.1, 0.15) is 0 Å². The number of rotatable bonds is 5. The number of ether oxygens (including phenoxy) is 2. The van der Waals surface area contributed by atoms with Crippen molar-refractivity contribution in [1.82, 2.24) is 19.3 Å². The molecule has 0 N–H and O–H groups in total. The first-order chi connectivity index (χ1) is 16.7. The van der Waals surface area contributed by atoms with Crippen molar-refractivity contribution in [2.75, 3.05) is 11.9 Å². The Bertz CT molecular complexity index is 1420. The van der Waals surface area contributed by atoms with Crippen molar-refractivity contribution in [2.24, 2.45) is 0 Å². The fourth-order valence-corrected chi connectivity index (χ4v) is 3.84. The molecule has 0 fully saturated rings. The molecular weight excluding hydrogens is 633 g/mol. The second-order valence-corrected chi connectivity index (χ2v) is 9.64. The van der Waals surface area contributed by atoms with Crippen molar-refractivity contribution in [1.29, 1.82) is 0 Å². The molecule has 3 aromatic heterocycles. The van der Waals surface area contributed by atoms with E-state index in [0.29, 0.717) is 23.1 Å². The van der Waals surface area contributed by atoms with E-state index in [2.05, 4.69) is 42.3 Å².